The van der Waals surface area contributed by atoms with Crippen LogP contribution in [0.3, 0.4) is 0 Å². The lowest BCUT2D eigenvalue weighted by molar-refractivity contribution is -0.127. The van der Waals surface area contributed by atoms with Gasteiger partial charge >= 0.3 is 0 Å². The zero-order valence-corrected chi connectivity index (χ0v) is 40.8. The maximum Gasteiger partial charge on any atom is 0.258 e. The molecule has 4 amide bonds. The van der Waals surface area contributed by atoms with Crippen molar-refractivity contribution in [2.24, 2.45) is 20.5 Å². The number of hydrogen-bond acceptors (Lipinski definition) is 10. The first-order chi connectivity index (χ1) is 31.2. The molecule has 66 heavy (non-hydrogen) atoms. The molecule has 342 valence electrons. The number of azo groups is 2. The Morgan fingerprint density at radius 2 is 0.803 bits per heavy atom. The number of rotatable bonds is 16. The second-order valence-corrected chi connectivity index (χ2v) is 17.2. The molecule has 0 aliphatic carbocycles. The van der Waals surface area contributed by atoms with Crippen molar-refractivity contribution in [1.29, 1.82) is 0 Å². The third kappa shape index (κ3) is 12.8. The number of Topliss-reactive ketones (excluding diaryl/α,β-unsaturated/α-hetero) is 2. The van der Waals surface area contributed by atoms with Crippen molar-refractivity contribution in [1.82, 2.24) is 0 Å². The highest BCUT2D eigenvalue weighted by Crippen LogP contribution is 2.36. The van der Waals surface area contributed by atoms with Crippen LogP contribution in [0.2, 0.25) is 40.2 Å². The molecule has 2 atom stereocenters. The zero-order valence-electron chi connectivity index (χ0n) is 34.8. The molecule has 0 heterocycles. The second kappa shape index (κ2) is 23.0. The molecule has 22 heteroatoms. The van der Waals surface area contributed by atoms with Gasteiger partial charge < -0.3 is 21.3 Å². The van der Waals surface area contributed by atoms with E-state index < -0.39 is 47.3 Å². The van der Waals surface area contributed by atoms with Crippen LogP contribution < -0.4 is 21.3 Å². The molecule has 5 aromatic carbocycles. The van der Waals surface area contributed by atoms with E-state index in [0.29, 0.717) is 35.3 Å². The van der Waals surface area contributed by atoms with Crippen LogP contribution in [-0.2, 0) is 32.0 Å². The van der Waals surface area contributed by atoms with Crippen LogP contribution in [0, 0.1) is 0 Å². The second-order valence-electron chi connectivity index (χ2n) is 14.0. The third-order valence-corrected chi connectivity index (χ3v) is 12.4. The van der Waals surface area contributed by atoms with Gasteiger partial charge in [0.25, 0.3) is 23.6 Å². The maximum absolute atomic E-state index is 13.6. The maximum atomic E-state index is 13.6. The summed E-state index contributed by atoms with van der Waals surface area (Å²) in [5.41, 5.74) is 2.60. The minimum absolute atomic E-state index is 0.00648. The van der Waals surface area contributed by atoms with Crippen LogP contribution in [0.15, 0.2) is 93.3 Å². The molecular formula is C44H34Cl8N8O6. The number of ketones is 2. The Labute approximate surface area is 417 Å². The normalized spacial score (nSPS) is 12.2. The number of amides is 4. The first-order valence-electron chi connectivity index (χ1n) is 19.3. The van der Waals surface area contributed by atoms with Crippen LogP contribution in [0.1, 0.15) is 59.5 Å². The van der Waals surface area contributed by atoms with Crippen molar-refractivity contribution >= 4 is 162 Å². The van der Waals surface area contributed by atoms with E-state index in [2.05, 4.69) is 41.7 Å². The molecular weight excluding hydrogens is 1020 g/mol. The predicted molar refractivity (Wildman–Crippen MR) is 262 cm³/mol. The van der Waals surface area contributed by atoms with Crippen molar-refractivity contribution < 1.29 is 28.8 Å². The van der Waals surface area contributed by atoms with Gasteiger partial charge in [-0.25, -0.2) is 0 Å². The fraction of sp³-hybridized carbons (Fsp3) is 0.182. The quantitative estimate of drug-likeness (QED) is 0.0430. The summed E-state index contributed by atoms with van der Waals surface area (Å²) in [6.07, 6.45) is 0.730. The zero-order chi connectivity index (χ0) is 48.6. The SMILES string of the molecule is CCc1c(NC(=O)C(N=Nc2cc(C(=O)Nc3cc(Cl)c(Cl)c(Cl)c3)ccc2Cl)C(C)=O)ccc(NC(=O)C(N=Nc2cc(C(=O)Nc3cc(Cl)c(Cl)c(Cl)c3)ccc2Cl)C(C)=O)c1CC. The van der Waals surface area contributed by atoms with Gasteiger partial charge in [-0.1, -0.05) is 107 Å². The van der Waals surface area contributed by atoms with E-state index in [9.17, 15) is 28.8 Å². The van der Waals surface area contributed by atoms with Gasteiger partial charge in [-0.05, 0) is 111 Å². The largest absolute Gasteiger partial charge is 0.323 e. The van der Waals surface area contributed by atoms with Gasteiger partial charge in [0.2, 0.25) is 12.1 Å². The number of carbonyl (C=O) groups excluding carboxylic acids is 6. The molecule has 0 aliphatic heterocycles. The van der Waals surface area contributed by atoms with E-state index in [-0.39, 0.29) is 74.1 Å². The topological polar surface area (TPSA) is 200 Å². The van der Waals surface area contributed by atoms with Gasteiger partial charge in [0.05, 0.1) is 40.2 Å². The van der Waals surface area contributed by atoms with Crippen LogP contribution in [-0.4, -0.2) is 47.3 Å². The summed E-state index contributed by atoms with van der Waals surface area (Å²) in [7, 11) is 0. The molecule has 4 N–H and O–H groups in total. The lowest BCUT2D eigenvalue weighted by Gasteiger charge is -2.20. The minimum atomic E-state index is -1.63. The van der Waals surface area contributed by atoms with E-state index in [1.54, 1.807) is 0 Å². The van der Waals surface area contributed by atoms with Crippen molar-refractivity contribution in [2.75, 3.05) is 21.3 Å². The molecule has 0 fully saturated rings. The lowest BCUT2D eigenvalue weighted by Crippen LogP contribution is -2.33. The lowest BCUT2D eigenvalue weighted by atomic mass is 9.98. The fourth-order valence-corrected chi connectivity index (χ4v) is 7.64. The van der Waals surface area contributed by atoms with Crippen LogP contribution in [0.25, 0.3) is 0 Å². The summed E-state index contributed by atoms with van der Waals surface area (Å²) in [6, 6.07) is 13.7. The number of nitrogens with one attached hydrogen (secondary N) is 4. The molecule has 0 radical (unpaired) electrons. The number of nitrogens with zero attached hydrogens (tertiary/aromatic N) is 4. The van der Waals surface area contributed by atoms with Crippen molar-refractivity contribution in [2.45, 2.75) is 52.6 Å². The molecule has 5 aromatic rings. The molecule has 2 unspecified atom stereocenters. The Morgan fingerprint density at radius 3 is 1.11 bits per heavy atom. The van der Waals surface area contributed by atoms with Crippen LogP contribution in [0.5, 0.6) is 0 Å². The highest BCUT2D eigenvalue weighted by Gasteiger charge is 2.27. The summed E-state index contributed by atoms with van der Waals surface area (Å²) in [5.74, 6) is -4.10. The van der Waals surface area contributed by atoms with Gasteiger partial charge in [0, 0.05) is 33.9 Å². The Bertz CT molecular complexity index is 2620. The van der Waals surface area contributed by atoms with Crippen molar-refractivity contribution in [3.8, 4) is 0 Å². The Kier molecular flexibility index (Phi) is 18.1. The number of anilines is 4. The molecule has 14 nitrogen and oxygen atoms in total. The van der Waals surface area contributed by atoms with Gasteiger partial charge in [0.15, 0.2) is 11.6 Å². The summed E-state index contributed by atoms with van der Waals surface area (Å²) in [4.78, 5) is 78.8. The summed E-state index contributed by atoms with van der Waals surface area (Å²) in [6.45, 7) is 5.97. The Hall–Kier alpha value is -5.16. The van der Waals surface area contributed by atoms with Crippen LogP contribution in [0.4, 0.5) is 34.1 Å². The van der Waals surface area contributed by atoms with E-state index in [1.807, 2.05) is 13.8 Å². The standard InChI is InChI=1S/C44H34Cl8N8O6/c1-5-25-26(6-2)34(56-44(66)40(20(4)62)60-58-36-14-22(8-10-28(36)46)42(64)54-24-17-31(49)38(52)32(50)18-24)12-11-33(25)55-43(65)39(19(3)61)59-57-35-13-21(7-9-27(35)45)41(63)53-23-15-29(47)37(51)30(48)16-23/h7-18,39-40H,5-6H2,1-4H3,(H,53,63)(H,54,64)(H,55,65)(H,56,66). The molecule has 0 spiro atoms. The number of benzene rings is 5. The van der Waals surface area contributed by atoms with E-state index in [0.717, 1.165) is 13.8 Å². The average molecular weight is 1050 g/mol. The van der Waals surface area contributed by atoms with Crippen LogP contribution >= 0.6 is 92.8 Å². The third-order valence-electron chi connectivity index (χ3n) is 9.38. The highest BCUT2D eigenvalue weighted by atomic mass is 35.5. The molecule has 0 aromatic heterocycles. The average Bonchev–Trinajstić information content (AvgIpc) is 3.25. The van der Waals surface area contributed by atoms with Gasteiger partial charge in [-0.2, -0.15) is 20.5 Å². The van der Waals surface area contributed by atoms with Gasteiger partial charge in [0.1, 0.15) is 11.4 Å². The smallest absolute Gasteiger partial charge is 0.258 e. The first-order valence-corrected chi connectivity index (χ1v) is 22.3. The molecule has 0 saturated heterocycles. The Morgan fingerprint density at radius 1 is 0.470 bits per heavy atom. The Balaban J connectivity index is 1.31. The number of hydrogen-bond donors (Lipinski definition) is 4. The summed E-state index contributed by atoms with van der Waals surface area (Å²) >= 11 is 49.0. The van der Waals surface area contributed by atoms with Gasteiger partial charge in [-0.15, -0.1) is 0 Å². The molecule has 0 saturated carbocycles. The van der Waals surface area contributed by atoms with Crippen molar-refractivity contribution in [3.05, 3.63) is 135 Å². The van der Waals surface area contributed by atoms with Gasteiger partial charge in [-0.3, -0.25) is 28.8 Å². The number of carbonyl (C=O) groups is 6. The van der Waals surface area contributed by atoms with Crippen molar-refractivity contribution in [3.63, 3.8) is 0 Å². The van der Waals surface area contributed by atoms with E-state index in [4.69, 9.17) is 92.8 Å². The fourth-order valence-electron chi connectivity index (χ4n) is 6.14. The first kappa shape index (κ1) is 51.8. The minimum Gasteiger partial charge on any atom is -0.323 e. The summed E-state index contributed by atoms with van der Waals surface area (Å²) < 4.78 is 0. The monoisotopic (exact) mass is 1050 g/mol. The highest BCUT2D eigenvalue weighted by molar-refractivity contribution is 6.49. The molecule has 0 bridgehead atoms. The predicted octanol–water partition coefficient (Wildman–Crippen LogP) is 13.9. The number of halogens is 8. The van der Waals surface area contributed by atoms with E-state index >= 15 is 0 Å². The summed E-state index contributed by atoms with van der Waals surface area (Å²) in [5, 5.41) is 27.8. The molecule has 0 aliphatic rings. The van der Waals surface area contributed by atoms with E-state index in [1.165, 1.54) is 72.8 Å². The molecule has 5 rings (SSSR count).